The largest absolute Gasteiger partial charge is 0.343 e. The average Bonchev–Trinajstić information content (AvgIpc) is 2.78. The second kappa shape index (κ2) is 4.84. The van der Waals surface area contributed by atoms with Crippen LogP contribution in [0.2, 0.25) is 0 Å². The molecule has 0 bridgehead atoms. The summed E-state index contributed by atoms with van der Waals surface area (Å²) in [5, 5.41) is 4.89. The van der Waals surface area contributed by atoms with Crippen LogP contribution in [0.1, 0.15) is 27.7 Å². The van der Waals surface area contributed by atoms with E-state index in [4.69, 9.17) is 33.0 Å². The summed E-state index contributed by atoms with van der Waals surface area (Å²) in [6.07, 6.45) is -1.50. The van der Waals surface area contributed by atoms with Gasteiger partial charge in [0.15, 0.2) is 11.6 Å². The van der Waals surface area contributed by atoms with Crippen LogP contribution in [-0.4, -0.2) is 57.3 Å². The van der Waals surface area contributed by atoms with Crippen molar-refractivity contribution in [2.24, 2.45) is 5.14 Å². The topological polar surface area (TPSA) is 116 Å². The fraction of sp³-hybridized carbons (Fsp3) is 1.00. The fourth-order valence-corrected chi connectivity index (χ4v) is 3.44. The summed E-state index contributed by atoms with van der Waals surface area (Å²) in [5.74, 6) is -3.19. The van der Waals surface area contributed by atoms with Gasteiger partial charge in [0, 0.05) is 0 Å². The lowest BCUT2D eigenvalue weighted by atomic mass is 10.4. The Morgan fingerprint density at radius 1 is 1.14 bits per heavy atom. The minimum atomic E-state index is -4.14. The molecule has 128 valence electrons. The van der Waals surface area contributed by atoms with Gasteiger partial charge in [0.1, 0.15) is 24.9 Å². The van der Waals surface area contributed by atoms with E-state index < -0.39 is 46.5 Å². The third kappa shape index (κ3) is 3.02. The Kier molecular flexibility index (Phi) is 3.63. The van der Waals surface area contributed by atoms with Crippen LogP contribution < -0.4 is 5.14 Å². The van der Waals surface area contributed by atoms with Gasteiger partial charge in [0.25, 0.3) is 0 Å². The average molecular weight is 345 g/mol. The summed E-state index contributed by atoms with van der Waals surface area (Å²) in [6.45, 7) is 6.71. The fourth-order valence-electron chi connectivity index (χ4n) is 3.11. The van der Waals surface area contributed by atoms with Crippen molar-refractivity contribution in [1.82, 2.24) is 0 Å². The van der Waals surface area contributed by atoms with Gasteiger partial charge >= 0.3 is 10.3 Å². The normalized spacial score (nSPS) is 42.9. The zero-order valence-corrected chi connectivity index (χ0v) is 13.7. The summed E-state index contributed by atoms with van der Waals surface area (Å²) in [7, 11) is -4.14. The van der Waals surface area contributed by atoms with Gasteiger partial charge in [-0.15, -0.1) is 0 Å². The number of nitrogens with two attached hydrogens (primary N) is 1. The molecule has 0 unspecified atom stereocenters. The molecule has 0 saturated carbocycles. The molecule has 3 heterocycles. The number of hydrogen-bond donors (Lipinski definition) is 1. The van der Waals surface area contributed by atoms with Crippen molar-refractivity contribution in [3.05, 3.63) is 0 Å². The molecule has 0 aromatic heterocycles. The first kappa shape index (κ1) is 16.5. The van der Waals surface area contributed by atoms with Crippen molar-refractivity contribution >= 4 is 10.3 Å². The first-order valence-electron chi connectivity index (χ1n) is 6.96. The van der Waals surface area contributed by atoms with E-state index in [1.54, 1.807) is 27.7 Å². The molecule has 3 aliphatic rings. The molecule has 9 nitrogen and oxygen atoms in total. The van der Waals surface area contributed by atoms with Gasteiger partial charge in [-0.2, -0.15) is 8.42 Å². The smallest absolute Gasteiger partial charge is 0.333 e. The SMILES string of the molecule is CC1(C)O[13C@@H]2[13C@@H]([13CH2]O[13C@@]3([13CH2]OS(N)(=O)=O)OC(C)(C)O[13C@@H]23)O1. The van der Waals surface area contributed by atoms with E-state index in [0.29, 0.717) is 0 Å². The number of fused-ring (bicyclic) bond motifs is 3. The molecule has 3 fully saturated rings. The molecule has 4 atom stereocenters. The molecule has 2 N–H and O–H groups in total. The molecule has 3 aliphatic heterocycles. The highest BCUT2D eigenvalue weighted by Crippen LogP contribution is 2.47. The Morgan fingerprint density at radius 3 is 2.45 bits per heavy atom. The van der Waals surface area contributed by atoms with Crippen molar-refractivity contribution in [1.29, 1.82) is 0 Å². The predicted octanol–water partition coefficient (Wildman–Crippen LogP) is -0.395. The molecule has 3 rings (SSSR count). The van der Waals surface area contributed by atoms with Gasteiger partial charge in [0.05, 0.1) is 6.61 Å². The maximum absolute atomic E-state index is 11.1. The van der Waals surface area contributed by atoms with Crippen LogP contribution in [0.15, 0.2) is 0 Å². The summed E-state index contributed by atoms with van der Waals surface area (Å²) in [6, 6.07) is 0. The van der Waals surface area contributed by atoms with Crippen LogP contribution in [0, 0.1) is 0 Å². The second-order valence-electron chi connectivity index (χ2n) is 6.56. The summed E-state index contributed by atoms with van der Waals surface area (Å²) < 4.78 is 55.9. The van der Waals surface area contributed by atoms with Gasteiger partial charge in [-0.1, -0.05) is 0 Å². The van der Waals surface area contributed by atoms with Crippen molar-refractivity contribution in [3.8, 4) is 0 Å². The first-order chi connectivity index (χ1) is 9.92. The van der Waals surface area contributed by atoms with Gasteiger partial charge in [-0.3, -0.25) is 4.18 Å². The standard InChI is InChI=1S/C12H21NO8S/c1-10(2)18-7-5-16-12(6-17-22(13,14)15)9(8(7)19-10)20-11(3,4)21-12/h7-9H,5-6H2,1-4H3,(H2,13,14,15)/t7-,8-,9+,12+/m1/s1/i5+1,6+1,7+1,8+1,9+1,12+1. The Morgan fingerprint density at radius 2 is 1.82 bits per heavy atom. The van der Waals surface area contributed by atoms with E-state index in [2.05, 4.69) is 0 Å². The quantitative estimate of drug-likeness (QED) is 0.687. The van der Waals surface area contributed by atoms with Gasteiger partial charge in [0.2, 0.25) is 5.79 Å². The van der Waals surface area contributed by atoms with Crippen LogP contribution in [0.5, 0.6) is 0 Å². The maximum Gasteiger partial charge on any atom is 0.333 e. The zero-order valence-electron chi connectivity index (χ0n) is 12.9. The molecule has 0 amide bonds. The highest BCUT2D eigenvalue weighted by atomic mass is 32.2. The lowest BCUT2D eigenvalue weighted by Gasteiger charge is -2.40. The van der Waals surface area contributed by atoms with Crippen molar-refractivity contribution in [2.75, 3.05) is 13.2 Å². The Hall–Kier alpha value is -0.330. The second-order valence-corrected chi connectivity index (χ2v) is 7.78. The van der Waals surface area contributed by atoms with Gasteiger partial charge in [-0.05, 0) is 27.7 Å². The van der Waals surface area contributed by atoms with Crippen LogP contribution in [-0.2, 0) is 38.2 Å². The van der Waals surface area contributed by atoms with E-state index >= 15 is 0 Å². The van der Waals surface area contributed by atoms with Crippen LogP contribution in [0.3, 0.4) is 0 Å². The summed E-state index contributed by atoms with van der Waals surface area (Å²) in [5.41, 5.74) is 0. The third-order valence-electron chi connectivity index (χ3n) is 3.70. The van der Waals surface area contributed by atoms with Crippen LogP contribution in [0.4, 0.5) is 0 Å². The van der Waals surface area contributed by atoms with Crippen molar-refractivity contribution in [2.45, 2.75) is 63.4 Å². The Balaban J connectivity index is 1.87. The monoisotopic (exact) mass is 345 g/mol. The highest BCUT2D eigenvalue weighted by molar-refractivity contribution is 7.84. The van der Waals surface area contributed by atoms with E-state index in [1.165, 1.54) is 0 Å². The molecule has 0 aliphatic carbocycles. The third-order valence-corrected chi connectivity index (χ3v) is 4.15. The molecule has 0 spiro atoms. The number of hydrogen-bond acceptors (Lipinski definition) is 8. The zero-order chi connectivity index (χ0) is 16.4. The Labute approximate surface area is 129 Å². The van der Waals surface area contributed by atoms with Crippen LogP contribution in [0.25, 0.3) is 0 Å². The molecule has 0 radical (unpaired) electrons. The maximum atomic E-state index is 11.1. The van der Waals surface area contributed by atoms with Crippen LogP contribution >= 0.6 is 0 Å². The molecule has 3 saturated heterocycles. The lowest BCUT2D eigenvalue weighted by molar-refractivity contribution is -0.290. The highest BCUT2D eigenvalue weighted by Gasteiger charge is 2.65. The molecule has 10 heteroatoms. The van der Waals surface area contributed by atoms with Gasteiger partial charge < -0.3 is 23.7 Å². The molecular weight excluding hydrogens is 324 g/mol. The molecule has 0 aromatic carbocycles. The minimum Gasteiger partial charge on any atom is -0.343 e. The minimum absolute atomic E-state index is 0.165. The summed E-state index contributed by atoms with van der Waals surface area (Å²) in [4.78, 5) is 0. The summed E-state index contributed by atoms with van der Waals surface area (Å²) >= 11 is 0. The first-order valence-corrected chi connectivity index (χ1v) is 8.43. The van der Waals surface area contributed by atoms with Crippen molar-refractivity contribution < 1.29 is 36.3 Å². The Bertz CT molecular complexity index is 561. The number of rotatable bonds is 3. The van der Waals surface area contributed by atoms with E-state index in [-0.39, 0.29) is 12.7 Å². The number of ether oxygens (including phenoxy) is 5. The molecular formula is C12H21NO8S. The molecule has 0 aromatic rings. The van der Waals surface area contributed by atoms with E-state index in [9.17, 15) is 8.42 Å². The predicted molar refractivity (Wildman–Crippen MR) is 71.6 cm³/mol. The molecule has 22 heavy (non-hydrogen) atoms. The van der Waals surface area contributed by atoms with E-state index in [0.717, 1.165) is 0 Å². The van der Waals surface area contributed by atoms with Gasteiger partial charge in [-0.25, -0.2) is 5.14 Å². The van der Waals surface area contributed by atoms with Crippen molar-refractivity contribution in [3.63, 3.8) is 0 Å². The lowest BCUT2D eigenvalue weighted by Crippen LogP contribution is -2.60. The van der Waals surface area contributed by atoms with E-state index in [1.807, 2.05) is 0 Å².